The maximum absolute atomic E-state index is 4.19. The van der Waals surface area contributed by atoms with Crippen LogP contribution in [0.1, 0.15) is 38.5 Å². The molecule has 0 heterocycles. The van der Waals surface area contributed by atoms with Crippen LogP contribution < -0.4 is 0 Å². The summed E-state index contributed by atoms with van der Waals surface area (Å²) in [6, 6.07) is 0. The van der Waals surface area contributed by atoms with Gasteiger partial charge in [0.15, 0.2) is 0 Å². The molecular weight excluding hydrogens is 140 g/mol. The van der Waals surface area contributed by atoms with Gasteiger partial charge in [-0.25, -0.2) is 0 Å². The normalized spacial score (nSPS) is 18.7. The van der Waals surface area contributed by atoms with E-state index in [4.69, 9.17) is 0 Å². The summed E-state index contributed by atoms with van der Waals surface area (Å²) in [6.07, 6.45) is 10.5. The van der Waals surface area contributed by atoms with E-state index in [1.807, 2.05) is 0 Å². The Morgan fingerprint density at radius 2 is 2.30 bits per heavy atom. The zero-order chi connectivity index (χ0) is 7.23. The first-order chi connectivity index (χ1) is 4.93. The van der Waals surface area contributed by atoms with Crippen LogP contribution in [0, 0.1) is 0 Å². The molecule has 0 nitrogen and oxygen atoms in total. The van der Waals surface area contributed by atoms with Crippen molar-refractivity contribution in [3.63, 3.8) is 0 Å². The maximum atomic E-state index is 4.19. The van der Waals surface area contributed by atoms with E-state index in [1.165, 1.54) is 38.5 Å². The molecule has 0 N–H and O–H groups in total. The fourth-order valence-electron chi connectivity index (χ4n) is 1.44. The average molecular weight is 156 g/mol. The number of allylic oxidation sites excluding steroid dienone is 2. The van der Waals surface area contributed by atoms with Gasteiger partial charge in [0.25, 0.3) is 0 Å². The van der Waals surface area contributed by atoms with Crippen LogP contribution in [-0.4, -0.2) is 5.75 Å². The quantitative estimate of drug-likeness (QED) is 0.471. The van der Waals surface area contributed by atoms with Gasteiger partial charge in [-0.3, -0.25) is 0 Å². The molecular formula is C9H16S. The highest BCUT2D eigenvalue weighted by Crippen LogP contribution is 2.20. The van der Waals surface area contributed by atoms with E-state index >= 15 is 0 Å². The zero-order valence-electron chi connectivity index (χ0n) is 6.47. The lowest BCUT2D eigenvalue weighted by molar-refractivity contribution is 0.671. The van der Waals surface area contributed by atoms with E-state index in [0.29, 0.717) is 0 Å². The maximum Gasteiger partial charge on any atom is -0.00949 e. The van der Waals surface area contributed by atoms with Crippen molar-refractivity contribution in [1.29, 1.82) is 0 Å². The molecule has 0 spiro atoms. The van der Waals surface area contributed by atoms with Crippen molar-refractivity contribution in [1.82, 2.24) is 0 Å². The summed E-state index contributed by atoms with van der Waals surface area (Å²) in [5, 5.41) is 0. The predicted octanol–water partition coefficient (Wildman–Crippen LogP) is 3.20. The lowest BCUT2D eigenvalue weighted by Crippen LogP contribution is -1.91. The van der Waals surface area contributed by atoms with Crippen LogP contribution in [0.4, 0.5) is 0 Å². The van der Waals surface area contributed by atoms with Gasteiger partial charge in [-0.05, 0) is 44.3 Å². The topological polar surface area (TPSA) is 0 Å². The molecule has 0 amide bonds. The molecule has 0 aromatic carbocycles. The second kappa shape index (κ2) is 4.84. The summed E-state index contributed by atoms with van der Waals surface area (Å²) in [6.45, 7) is 0. The van der Waals surface area contributed by atoms with Crippen molar-refractivity contribution in [2.45, 2.75) is 38.5 Å². The molecule has 0 saturated carbocycles. The largest absolute Gasteiger partial charge is 0.179 e. The van der Waals surface area contributed by atoms with E-state index in [0.717, 1.165) is 5.75 Å². The van der Waals surface area contributed by atoms with Gasteiger partial charge >= 0.3 is 0 Å². The van der Waals surface area contributed by atoms with Crippen LogP contribution >= 0.6 is 12.6 Å². The van der Waals surface area contributed by atoms with E-state index in [2.05, 4.69) is 18.7 Å². The molecule has 0 unspecified atom stereocenters. The van der Waals surface area contributed by atoms with Gasteiger partial charge in [-0.15, -0.1) is 0 Å². The molecule has 0 aliphatic heterocycles. The molecule has 0 saturated heterocycles. The van der Waals surface area contributed by atoms with Crippen molar-refractivity contribution < 1.29 is 0 Å². The van der Waals surface area contributed by atoms with Gasteiger partial charge in [0.1, 0.15) is 0 Å². The van der Waals surface area contributed by atoms with Gasteiger partial charge in [-0.2, -0.15) is 12.6 Å². The molecule has 0 aromatic rings. The minimum absolute atomic E-state index is 1.04. The lowest BCUT2D eigenvalue weighted by Gasteiger charge is -2.11. The van der Waals surface area contributed by atoms with Gasteiger partial charge in [-0.1, -0.05) is 11.6 Å². The Balaban J connectivity index is 2.18. The van der Waals surface area contributed by atoms with Crippen LogP contribution in [0.2, 0.25) is 0 Å². The SMILES string of the molecule is SCCCC1=CCCCC1. The van der Waals surface area contributed by atoms with Gasteiger partial charge in [0.2, 0.25) is 0 Å². The van der Waals surface area contributed by atoms with Gasteiger partial charge < -0.3 is 0 Å². The van der Waals surface area contributed by atoms with E-state index in [9.17, 15) is 0 Å². The molecule has 1 heteroatoms. The lowest BCUT2D eigenvalue weighted by atomic mass is 9.96. The summed E-state index contributed by atoms with van der Waals surface area (Å²) < 4.78 is 0. The third kappa shape index (κ3) is 2.78. The Bertz CT molecular complexity index is 116. The Kier molecular flexibility index (Phi) is 3.96. The van der Waals surface area contributed by atoms with Gasteiger partial charge in [0.05, 0.1) is 0 Å². The average Bonchev–Trinajstić information content (AvgIpc) is 2.03. The van der Waals surface area contributed by atoms with Crippen LogP contribution in [0.15, 0.2) is 11.6 Å². The number of hydrogen-bond acceptors (Lipinski definition) is 1. The third-order valence-electron chi connectivity index (χ3n) is 2.04. The number of rotatable bonds is 3. The molecule has 0 radical (unpaired) electrons. The molecule has 0 fully saturated rings. The summed E-state index contributed by atoms with van der Waals surface area (Å²) >= 11 is 4.19. The smallest absolute Gasteiger partial charge is 0.00949 e. The second-order valence-corrected chi connectivity index (χ2v) is 3.38. The molecule has 1 aliphatic rings. The highest BCUT2D eigenvalue weighted by molar-refractivity contribution is 7.80. The van der Waals surface area contributed by atoms with Crippen LogP contribution in [-0.2, 0) is 0 Å². The van der Waals surface area contributed by atoms with Crippen molar-refractivity contribution in [2.24, 2.45) is 0 Å². The van der Waals surface area contributed by atoms with Crippen LogP contribution in [0.3, 0.4) is 0 Å². The van der Waals surface area contributed by atoms with Crippen molar-refractivity contribution in [3.8, 4) is 0 Å². The Labute approximate surface area is 69.1 Å². The van der Waals surface area contributed by atoms with Crippen LogP contribution in [0.5, 0.6) is 0 Å². The highest BCUT2D eigenvalue weighted by Gasteiger charge is 2.01. The second-order valence-electron chi connectivity index (χ2n) is 2.94. The monoisotopic (exact) mass is 156 g/mol. The summed E-state index contributed by atoms with van der Waals surface area (Å²) in [7, 11) is 0. The summed E-state index contributed by atoms with van der Waals surface area (Å²) in [5.41, 5.74) is 1.68. The van der Waals surface area contributed by atoms with Crippen molar-refractivity contribution in [2.75, 3.05) is 5.75 Å². The first-order valence-corrected chi connectivity index (χ1v) is 4.85. The first kappa shape index (κ1) is 8.19. The van der Waals surface area contributed by atoms with E-state index < -0.39 is 0 Å². The van der Waals surface area contributed by atoms with E-state index in [1.54, 1.807) is 5.57 Å². The summed E-state index contributed by atoms with van der Waals surface area (Å²) in [5.74, 6) is 1.04. The minimum atomic E-state index is 1.04. The van der Waals surface area contributed by atoms with Crippen LogP contribution in [0.25, 0.3) is 0 Å². The fraction of sp³-hybridized carbons (Fsp3) is 0.778. The van der Waals surface area contributed by atoms with Gasteiger partial charge in [0, 0.05) is 0 Å². The first-order valence-electron chi connectivity index (χ1n) is 4.22. The molecule has 1 aliphatic carbocycles. The Morgan fingerprint density at radius 1 is 1.40 bits per heavy atom. The Morgan fingerprint density at radius 3 is 2.90 bits per heavy atom. The van der Waals surface area contributed by atoms with Crippen molar-refractivity contribution in [3.05, 3.63) is 11.6 Å². The predicted molar refractivity (Wildman–Crippen MR) is 49.6 cm³/mol. The Hall–Kier alpha value is 0.0900. The minimum Gasteiger partial charge on any atom is -0.179 e. The fourth-order valence-corrected chi connectivity index (χ4v) is 1.60. The summed E-state index contributed by atoms with van der Waals surface area (Å²) in [4.78, 5) is 0. The third-order valence-corrected chi connectivity index (χ3v) is 2.36. The zero-order valence-corrected chi connectivity index (χ0v) is 7.37. The van der Waals surface area contributed by atoms with Crippen molar-refractivity contribution >= 4 is 12.6 Å². The standard InChI is InChI=1S/C9H16S/c10-8-4-7-9-5-2-1-3-6-9/h5,10H,1-4,6-8H2. The molecule has 10 heavy (non-hydrogen) atoms. The molecule has 58 valence electrons. The highest BCUT2D eigenvalue weighted by atomic mass is 32.1. The molecule has 0 aromatic heterocycles. The molecule has 1 rings (SSSR count). The number of thiol groups is 1. The molecule has 0 bridgehead atoms. The number of hydrogen-bond donors (Lipinski definition) is 1. The van der Waals surface area contributed by atoms with E-state index in [-0.39, 0.29) is 0 Å². The molecule has 0 atom stereocenters.